The van der Waals surface area contributed by atoms with Crippen LogP contribution >= 0.6 is 11.3 Å². The normalized spacial score (nSPS) is 10.7. The summed E-state index contributed by atoms with van der Waals surface area (Å²) in [6.45, 7) is 0. The lowest BCUT2D eigenvalue weighted by Gasteiger charge is -2.08. The molecule has 2 aromatic carbocycles. The lowest BCUT2D eigenvalue weighted by atomic mass is 10.1. The molecule has 0 saturated heterocycles. The standard InChI is InChI=1S/C19H15N5O2S/c20-18(26)22-15-3-1-2-13(10-15)17(25)21-14-6-4-12(5-7-14)16-11-24-8-9-27-19(24)23-16/h1-11H,(H,21,25)(H3,20,22,26). The number of nitrogens with zero attached hydrogens (tertiary/aromatic N) is 2. The highest BCUT2D eigenvalue weighted by molar-refractivity contribution is 7.15. The van der Waals surface area contributed by atoms with Gasteiger partial charge in [-0.05, 0) is 30.3 Å². The van der Waals surface area contributed by atoms with E-state index in [0.717, 1.165) is 16.2 Å². The first kappa shape index (κ1) is 16.8. The number of carbonyl (C=O) groups excluding carboxylic acids is 2. The topological polar surface area (TPSA) is 102 Å². The van der Waals surface area contributed by atoms with Gasteiger partial charge in [0.25, 0.3) is 5.91 Å². The molecule has 0 unspecified atom stereocenters. The maximum atomic E-state index is 12.4. The average molecular weight is 377 g/mol. The maximum absolute atomic E-state index is 12.4. The number of nitrogens with one attached hydrogen (secondary N) is 2. The van der Waals surface area contributed by atoms with E-state index in [4.69, 9.17) is 5.73 Å². The van der Waals surface area contributed by atoms with Crippen LogP contribution in [0.5, 0.6) is 0 Å². The number of urea groups is 1. The Hall–Kier alpha value is -3.65. The molecular formula is C19H15N5O2S. The number of imidazole rings is 1. The average Bonchev–Trinajstić information content (AvgIpc) is 3.24. The molecule has 0 aliphatic heterocycles. The van der Waals surface area contributed by atoms with Gasteiger partial charge in [0, 0.05) is 40.3 Å². The van der Waals surface area contributed by atoms with E-state index in [1.165, 1.54) is 0 Å². The highest BCUT2D eigenvalue weighted by Gasteiger charge is 2.09. The molecule has 0 fully saturated rings. The van der Waals surface area contributed by atoms with Crippen LogP contribution in [0.1, 0.15) is 10.4 Å². The maximum Gasteiger partial charge on any atom is 0.316 e. The molecule has 0 saturated carbocycles. The van der Waals surface area contributed by atoms with Gasteiger partial charge < -0.3 is 16.4 Å². The molecule has 4 N–H and O–H groups in total. The summed E-state index contributed by atoms with van der Waals surface area (Å²) < 4.78 is 1.97. The van der Waals surface area contributed by atoms with E-state index in [1.54, 1.807) is 35.6 Å². The van der Waals surface area contributed by atoms with Gasteiger partial charge in [0.2, 0.25) is 0 Å². The summed E-state index contributed by atoms with van der Waals surface area (Å²) in [5.74, 6) is -0.279. The number of rotatable bonds is 4. The van der Waals surface area contributed by atoms with Crippen molar-refractivity contribution in [3.63, 3.8) is 0 Å². The summed E-state index contributed by atoms with van der Waals surface area (Å²) in [5, 5.41) is 7.27. The number of hydrogen-bond acceptors (Lipinski definition) is 4. The van der Waals surface area contributed by atoms with Crippen molar-refractivity contribution in [2.45, 2.75) is 0 Å². The number of aromatic nitrogens is 2. The van der Waals surface area contributed by atoms with Gasteiger partial charge in [0.05, 0.1) is 5.69 Å². The number of carbonyl (C=O) groups is 2. The van der Waals surface area contributed by atoms with Crippen LogP contribution < -0.4 is 16.4 Å². The Labute approximate surface area is 158 Å². The second kappa shape index (κ2) is 6.93. The SMILES string of the molecule is NC(=O)Nc1cccc(C(=O)Nc2ccc(-c3cn4ccsc4n3)cc2)c1. The molecule has 4 aromatic rings. The summed E-state index contributed by atoms with van der Waals surface area (Å²) in [4.78, 5) is 28.9. The summed E-state index contributed by atoms with van der Waals surface area (Å²) >= 11 is 1.58. The second-order valence-electron chi connectivity index (χ2n) is 5.82. The predicted molar refractivity (Wildman–Crippen MR) is 106 cm³/mol. The van der Waals surface area contributed by atoms with Gasteiger partial charge in [-0.25, -0.2) is 9.78 Å². The summed E-state index contributed by atoms with van der Waals surface area (Å²) in [5.41, 5.74) is 8.49. The van der Waals surface area contributed by atoms with Crippen molar-refractivity contribution in [3.05, 3.63) is 71.9 Å². The van der Waals surface area contributed by atoms with Gasteiger partial charge in [0.1, 0.15) is 0 Å². The fraction of sp³-hybridized carbons (Fsp3) is 0. The van der Waals surface area contributed by atoms with Crippen LogP contribution in [0.15, 0.2) is 66.3 Å². The monoisotopic (exact) mass is 377 g/mol. The highest BCUT2D eigenvalue weighted by atomic mass is 32.1. The lowest BCUT2D eigenvalue weighted by Crippen LogP contribution is -2.19. The Balaban J connectivity index is 1.48. The van der Waals surface area contributed by atoms with Gasteiger partial charge in [-0.2, -0.15) is 0 Å². The fourth-order valence-corrected chi connectivity index (χ4v) is 3.37. The minimum atomic E-state index is -0.678. The Morgan fingerprint density at radius 1 is 1.04 bits per heavy atom. The molecule has 27 heavy (non-hydrogen) atoms. The van der Waals surface area contributed by atoms with E-state index < -0.39 is 6.03 Å². The minimum absolute atomic E-state index is 0.279. The number of benzene rings is 2. The number of anilines is 2. The third-order valence-electron chi connectivity index (χ3n) is 3.92. The van der Waals surface area contributed by atoms with Crippen LogP contribution in [0.3, 0.4) is 0 Å². The zero-order valence-corrected chi connectivity index (χ0v) is 14.9. The molecule has 8 heteroatoms. The van der Waals surface area contributed by atoms with Crippen molar-refractivity contribution < 1.29 is 9.59 Å². The predicted octanol–water partition coefficient (Wildman–Crippen LogP) is 3.81. The summed E-state index contributed by atoms with van der Waals surface area (Å²) in [6.07, 6.45) is 3.93. The quantitative estimate of drug-likeness (QED) is 0.504. The Morgan fingerprint density at radius 2 is 1.85 bits per heavy atom. The first-order chi connectivity index (χ1) is 13.1. The molecule has 0 aliphatic rings. The Kier molecular flexibility index (Phi) is 4.31. The van der Waals surface area contributed by atoms with Gasteiger partial charge >= 0.3 is 6.03 Å². The molecule has 0 radical (unpaired) electrons. The number of amides is 3. The van der Waals surface area contributed by atoms with Crippen molar-refractivity contribution >= 4 is 39.6 Å². The molecular weight excluding hydrogens is 362 g/mol. The third-order valence-corrected chi connectivity index (χ3v) is 4.69. The van der Waals surface area contributed by atoms with E-state index in [1.807, 2.05) is 46.4 Å². The Bertz CT molecular complexity index is 1100. The van der Waals surface area contributed by atoms with Crippen molar-refractivity contribution in [3.8, 4) is 11.3 Å². The van der Waals surface area contributed by atoms with E-state index >= 15 is 0 Å². The van der Waals surface area contributed by atoms with E-state index in [2.05, 4.69) is 15.6 Å². The van der Waals surface area contributed by atoms with E-state index in [9.17, 15) is 9.59 Å². The van der Waals surface area contributed by atoms with Crippen LogP contribution in [0.2, 0.25) is 0 Å². The molecule has 4 rings (SSSR count). The number of hydrogen-bond donors (Lipinski definition) is 3. The van der Waals surface area contributed by atoms with Crippen LogP contribution in [-0.4, -0.2) is 21.3 Å². The number of nitrogens with two attached hydrogens (primary N) is 1. The summed E-state index contributed by atoms with van der Waals surface area (Å²) in [7, 11) is 0. The lowest BCUT2D eigenvalue weighted by molar-refractivity contribution is 0.102. The van der Waals surface area contributed by atoms with Crippen LogP contribution in [-0.2, 0) is 0 Å². The molecule has 134 valence electrons. The van der Waals surface area contributed by atoms with Gasteiger partial charge in [-0.1, -0.05) is 18.2 Å². The first-order valence-electron chi connectivity index (χ1n) is 8.09. The van der Waals surface area contributed by atoms with Crippen LogP contribution in [0, 0.1) is 0 Å². The number of thiazole rings is 1. The molecule has 2 aromatic heterocycles. The third kappa shape index (κ3) is 3.65. The molecule has 3 amide bonds. The van der Waals surface area contributed by atoms with Crippen molar-refractivity contribution in [1.29, 1.82) is 0 Å². The first-order valence-corrected chi connectivity index (χ1v) is 8.97. The largest absolute Gasteiger partial charge is 0.351 e. The fourth-order valence-electron chi connectivity index (χ4n) is 2.67. The van der Waals surface area contributed by atoms with Gasteiger partial charge in [-0.15, -0.1) is 11.3 Å². The smallest absolute Gasteiger partial charge is 0.316 e. The van der Waals surface area contributed by atoms with Gasteiger partial charge in [-0.3, -0.25) is 9.20 Å². The number of primary amides is 1. The van der Waals surface area contributed by atoms with E-state index in [-0.39, 0.29) is 5.91 Å². The zero-order valence-electron chi connectivity index (χ0n) is 14.0. The summed E-state index contributed by atoms with van der Waals surface area (Å²) in [6, 6.07) is 13.3. The molecule has 0 spiro atoms. The highest BCUT2D eigenvalue weighted by Crippen LogP contribution is 2.23. The molecule has 2 heterocycles. The van der Waals surface area contributed by atoms with E-state index in [0.29, 0.717) is 16.9 Å². The molecule has 0 bridgehead atoms. The van der Waals surface area contributed by atoms with Crippen LogP contribution in [0.25, 0.3) is 16.2 Å². The zero-order chi connectivity index (χ0) is 18.8. The van der Waals surface area contributed by atoms with Crippen molar-refractivity contribution in [1.82, 2.24) is 9.38 Å². The van der Waals surface area contributed by atoms with Crippen LogP contribution in [0.4, 0.5) is 16.2 Å². The van der Waals surface area contributed by atoms with Gasteiger partial charge in [0.15, 0.2) is 4.96 Å². The second-order valence-corrected chi connectivity index (χ2v) is 6.69. The molecule has 7 nitrogen and oxygen atoms in total. The van der Waals surface area contributed by atoms with Crippen molar-refractivity contribution in [2.75, 3.05) is 10.6 Å². The molecule has 0 atom stereocenters. The number of fused-ring (bicyclic) bond motifs is 1. The minimum Gasteiger partial charge on any atom is -0.351 e. The molecule has 0 aliphatic carbocycles. The van der Waals surface area contributed by atoms with Crippen molar-refractivity contribution in [2.24, 2.45) is 5.73 Å². The Morgan fingerprint density at radius 3 is 2.59 bits per heavy atom.